The number of hydrogen-bond acceptors (Lipinski definition) is 3. The molecule has 2 aliphatic carbocycles. The van der Waals surface area contributed by atoms with Crippen molar-refractivity contribution in [1.29, 1.82) is 0 Å². The van der Waals surface area contributed by atoms with Gasteiger partial charge in [-0.25, -0.2) is 9.78 Å². The van der Waals surface area contributed by atoms with Gasteiger partial charge in [-0.1, -0.05) is 0 Å². The first-order valence-electron chi connectivity index (χ1n) is 6.20. The maximum Gasteiger partial charge on any atom is 0.356 e. The fraction of sp³-hybridized carbons (Fsp3) is 0.538. The Morgan fingerprint density at radius 2 is 2.18 bits per heavy atom. The van der Waals surface area contributed by atoms with Gasteiger partial charge in [-0.2, -0.15) is 0 Å². The van der Waals surface area contributed by atoms with Gasteiger partial charge in [-0.05, 0) is 43.7 Å². The van der Waals surface area contributed by atoms with Crippen LogP contribution in [-0.4, -0.2) is 28.6 Å². The van der Waals surface area contributed by atoms with Gasteiger partial charge in [-0.15, -0.1) is 0 Å². The molecule has 2 aliphatic rings. The highest BCUT2D eigenvalue weighted by atomic mass is 16.4. The van der Waals surface area contributed by atoms with E-state index in [-0.39, 0.29) is 5.69 Å². The van der Waals surface area contributed by atoms with Gasteiger partial charge in [-0.3, -0.25) is 0 Å². The number of pyridine rings is 1. The molecule has 0 atom stereocenters. The van der Waals surface area contributed by atoms with Crippen LogP contribution in [0.15, 0.2) is 18.3 Å². The molecule has 0 spiro atoms. The Kier molecular flexibility index (Phi) is 2.50. The number of nitrogens with zero attached hydrogens (tertiary/aromatic N) is 2. The van der Waals surface area contributed by atoms with Gasteiger partial charge in [0.2, 0.25) is 0 Å². The summed E-state index contributed by atoms with van der Waals surface area (Å²) in [5.74, 6) is -0.167. The summed E-state index contributed by atoms with van der Waals surface area (Å²) in [7, 11) is 0. The number of carboxylic acids is 1. The molecule has 1 aromatic rings. The second kappa shape index (κ2) is 4.02. The van der Waals surface area contributed by atoms with E-state index >= 15 is 0 Å². The number of aromatic nitrogens is 1. The molecule has 2 fully saturated rings. The van der Waals surface area contributed by atoms with E-state index in [1.807, 2.05) is 12.1 Å². The van der Waals surface area contributed by atoms with Crippen LogP contribution >= 0.6 is 0 Å². The van der Waals surface area contributed by atoms with Crippen molar-refractivity contribution in [2.24, 2.45) is 5.92 Å². The van der Waals surface area contributed by atoms with Crippen molar-refractivity contribution >= 4 is 11.7 Å². The first-order chi connectivity index (χ1) is 8.25. The van der Waals surface area contributed by atoms with Gasteiger partial charge < -0.3 is 10.0 Å². The standard InChI is InChI=1S/C13H16N2O2/c16-13(17)12-11(2-1-7-14-12)15(10-5-6-10)8-9-3-4-9/h1-2,7,9-10H,3-6,8H2,(H,16,17). The van der Waals surface area contributed by atoms with E-state index in [9.17, 15) is 9.90 Å². The molecule has 0 unspecified atom stereocenters. The Balaban J connectivity index is 1.90. The Labute approximate surface area is 100 Å². The Bertz CT molecular complexity index is 439. The lowest BCUT2D eigenvalue weighted by Crippen LogP contribution is -2.30. The zero-order valence-electron chi connectivity index (χ0n) is 9.67. The van der Waals surface area contributed by atoms with Gasteiger partial charge in [0.15, 0.2) is 5.69 Å². The fourth-order valence-electron chi connectivity index (χ4n) is 2.20. The summed E-state index contributed by atoms with van der Waals surface area (Å²) in [6.45, 7) is 0.997. The molecule has 17 heavy (non-hydrogen) atoms. The molecule has 90 valence electrons. The lowest BCUT2D eigenvalue weighted by Gasteiger charge is -2.25. The smallest absolute Gasteiger partial charge is 0.356 e. The van der Waals surface area contributed by atoms with Crippen LogP contribution < -0.4 is 4.90 Å². The van der Waals surface area contributed by atoms with Crippen LogP contribution in [0.5, 0.6) is 0 Å². The molecule has 0 aromatic carbocycles. The first kappa shape index (κ1) is 10.6. The average molecular weight is 232 g/mol. The number of anilines is 1. The van der Waals surface area contributed by atoms with Crippen LogP contribution in [0.2, 0.25) is 0 Å². The molecule has 1 N–H and O–H groups in total. The second-order valence-electron chi connectivity index (χ2n) is 5.00. The molecule has 3 rings (SSSR count). The summed E-state index contributed by atoms with van der Waals surface area (Å²) in [6.07, 6.45) is 6.48. The molecule has 1 aromatic heterocycles. The molecule has 4 heteroatoms. The summed E-state index contributed by atoms with van der Waals surface area (Å²) < 4.78 is 0. The molecule has 2 saturated carbocycles. The molecule has 0 saturated heterocycles. The van der Waals surface area contributed by atoms with E-state index in [0.717, 1.165) is 18.2 Å². The van der Waals surface area contributed by atoms with E-state index in [1.165, 1.54) is 25.7 Å². The predicted octanol–water partition coefficient (Wildman–Crippen LogP) is 2.16. The lowest BCUT2D eigenvalue weighted by molar-refractivity contribution is 0.0691. The Hall–Kier alpha value is -1.58. The van der Waals surface area contributed by atoms with E-state index < -0.39 is 5.97 Å². The van der Waals surface area contributed by atoms with Gasteiger partial charge in [0.25, 0.3) is 0 Å². The minimum absolute atomic E-state index is 0.194. The summed E-state index contributed by atoms with van der Waals surface area (Å²) in [5.41, 5.74) is 0.995. The summed E-state index contributed by atoms with van der Waals surface area (Å²) >= 11 is 0. The summed E-state index contributed by atoms with van der Waals surface area (Å²) in [6, 6.07) is 4.25. The predicted molar refractivity (Wildman–Crippen MR) is 64.3 cm³/mol. The second-order valence-corrected chi connectivity index (χ2v) is 5.00. The number of aromatic carboxylic acids is 1. The highest BCUT2D eigenvalue weighted by Crippen LogP contribution is 2.38. The van der Waals surface area contributed by atoms with E-state index in [1.54, 1.807) is 6.20 Å². The monoisotopic (exact) mass is 232 g/mol. The fourth-order valence-corrected chi connectivity index (χ4v) is 2.20. The van der Waals surface area contributed by atoms with Crippen molar-refractivity contribution < 1.29 is 9.90 Å². The quantitative estimate of drug-likeness (QED) is 0.845. The minimum Gasteiger partial charge on any atom is -0.476 e. The number of carboxylic acid groups (broad SMARTS) is 1. The van der Waals surface area contributed by atoms with Crippen molar-refractivity contribution in [1.82, 2.24) is 4.98 Å². The normalized spacial score (nSPS) is 19.1. The zero-order chi connectivity index (χ0) is 11.8. The molecule has 0 bridgehead atoms. The zero-order valence-corrected chi connectivity index (χ0v) is 9.67. The van der Waals surface area contributed by atoms with Crippen molar-refractivity contribution in [2.45, 2.75) is 31.7 Å². The maximum atomic E-state index is 11.2. The molecular formula is C13H16N2O2. The topological polar surface area (TPSA) is 53.4 Å². The third-order valence-electron chi connectivity index (χ3n) is 3.44. The molecule has 1 heterocycles. The van der Waals surface area contributed by atoms with Crippen LogP contribution in [0.4, 0.5) is 5.69 Å². The van der Waals surface area contributed by atoms with E-state index in [0.29, 0.717) is 6.04 Å². The van der Waals surface area contributed by atoms with Crippen LogP contribution in [0.1, 0.15) is 36.2 Å². The molecule has 4 nitrogen and oxygen atoms in total. The van der Waals surface area contributed by atoms with Crippen LogP contribution in [0, 0.1) is 5.92 Å². The molecule has 0 amide bonds. The molecule has 0 aliphatic heterocycles. The third-order valence-corrected chi connectivity index (χ3v) is 3.44. The van der Waals surface area contributed by atoms with Crippen molar-refractivity contribution in [3.05, 3.63) is 24.0 Å². The Morgan fingerprint density at radius 3 is 2.76 bits per heavy atom. The summed E-state index contributed by atoms with van der Waals surface area (Å²) in [4.78, 5) is 17.4. The lowest BCUT2D eigenvalue weighted by atomic mass is 10.2. The van der Waals surface area contributed by atoms with Gasteiger partial charge >= 0.3 is 5.97 Å². The van der Waals surface area contributed by atoms with Crippen molar-refractivity contribution in [3.8, 4) is 0 Å². The largest absolute Gasteiger partial charge is 0.476 e. The van der Waals surface area contributed by atoms with Gasteiger partial charge in [0, 0.05) is 18.8 Å². The highest BCUT2D eigenvalue weighted by Gasteiger charge is 2.35. The third kappa shape index (κ3) is 2.25. The van der Waals surface area contributed by atoms with Crippen LogP contribution in [0.3, 0.4) is 0 Å². The number of hydrogen-bond donors (Lipinski definition) is 1. The SMILES string of the molecule is O=C(O)c1ncccc1N(CC1CC1)C1CC1. The van der Waals surface area contributed by atoms with E-state index in [2.05, 4.69) is 9.88 Å². The van der Waals surface area contributed by atoms with Gasteiger partial charge in [0.1, 0.15) is 0 Å². The van der Waals surface area contributed by atoms with Crippen molar-refractivity contribution in [3.63, 3.8) is 0 Å². The maximum absolute atomic E-state index is 11.2. The highest BCUT2D eigenvalue weighted by molar-refractivity contribution is 5.92. The number of carbonyl (C=O) groups is 1. The van der Waals surface area contributed by atoms with Crippen LogP contribution in [-0.2, 0) is 0 Å². The first-order valence-corrected chi connectivity index (χ1v) is 6.20. The Morgan fingerprint density at radius 1 is 1.41 bits per heavy atom. The van der Waals surface area contributed by atoms with Crippen LogP contribution in [0.25, 0.3) is 0 Å². The van der Waals surface area contributed by atoms with Gasteiger partial charge in [0.05, 0.1) is 5.69 Å². The summed E-state index contributed by atoms with van der Waals surface area (Å²) in [5, 5.41) is 9.18. The average Bonchev–Trinajstić information content (AvgIpc) is 3.17. The number of rotatable bonds is 5. The van der Waals surface area contributed by atoms with E-state index in [4.69, 9.17) is 0 Å². The molecule has 0 radical (unpaired) electrons. The minimum atomic E-state index is -0.929. The van der Waals surface area contributed by atoms with Crippen molar-refractivity contribution in [2.75, 3.05) is 11.4 Å². The molecular weight excluding hydrogens is 216 g/mol.